The van der Waals surface area contributed by atoms with Crippen LogP contribution in [0.3, 0.4) is 0 Å². The number of anilines is 1. The number of nitrogens with one attached hydrogen (secondary N) is 1. The molecule has 2 aromatic heterocycles. The molecule has 0 radical (unpaired) electrons. The molecule has 1 amide bonds. The maximum absolute atomic E-state index is 12.3. The van der Waals surface area contributed by atoms with E-state index >= 15 is 0 Å². The number of aromatic nitrogens is 4. The number of rotatable bonds is 4. The number of benzene rings is 1. The number of hydrogen-bond donors (Lipinski definition) is 1. The van der Waals surface area contributed by atoms with E-state index in [0.717, 1.165) is 17.0 Å². The third-order valence-corrected chi connectivity index (χ3v) is 4.98. The lowest BCUT2D eigenvalue weighted by Gasteiger charge is -2.07. The van der Waals surface area contributed by atoms with Crippen LogP contribution in [0.5, 0.6) is 0 Å². The molecule has 1 N–H and O–H groups in total. The zero-order chi connectivity index (χ0) is 16.4. The normalized spacial score (nSPS) is 10.7. The quantitative estimate of drug-likeness (QED) is 0.686. The van der Waals surface area contributed by atoms with Crippen LogP contribution in [0.2, 0.25) is 8.67 Å². The molecule has 0 aliphatic carbocycles. The Morgan fingerprint density at radius 1 is 1.35 bits per heavy atom. The standard InChI is InChI=1S/C13H9Cl2N5OS2/c1-22-13-17-18-19-20(13)8-4-2-3-7(5-8)16-12(21)9-6-10(14)23-11(9)15/h2-6H,1H3,(H,16,21). The van der Waals surface area contributed by atoms with E-state index in [1.165, 1.54) is 11.8 Å². The fraction of sp³-hybridized carbons (Fsp3) is 0.0769. The Hall–Kier alpha value is -1.61. The summed E-state index contributed by atoms with van der Waals surface area (Å²) < 4.78 is 2.41. The van der Waals surface area contributed by atoms with E-state index < -0.39 is 0 Å². The van der Waals surface area contributed by atoms with Gasteiger partial charge < -0.3 is 5.32 Å². The number of thioether (sulfide) groups is 1. The van der Waals surface area contributed by atoms with Gasteiger partial charge in [0.25, 0.3) is 5.91 Å². The Bertz CT molecular complexity index is 864. The van der Waals surface area contributed by atoms with Gasteiger partial charge in [-0.25, -0.2) is 0 Å². The van der Waals surface area contributed by atoms with Crippen molar-refractivity contribution in [2.45, 2.75) is 5.16 Å². The molecular weight excluding hydrogens is 377 g/mol. The van der Waals surface area contributed by atoms with Gasteiger partial charge >= 0.3 is 0 Å². The first-order chi connectivity index (χ1) is 11.1. The SMILES string of the molecule is CSc1nnnn1-c1cccc(NC(=O)c2cc(Cl)sc2Cl)c1. The van der Waals surface area contributed by atoms with Gasteiger partial charge in [-0.3, -0.25) is 4.79 Å². The summed E-state index contributed by atoms with van der Waals surface area (Å²) in [5, 5.41) is 14.9. The summed E-state index contributed by atoms with van der Waals surface area (Å²) in [5.74, 6) is -0.322. The highest BCUT2D eigenvalue weighted by atomic mass is 35.5. The molecule has 0 fully saturated rings. The van der Waals surface area contributed by atoms with Gasteiger partial charge in [0.05, 0.1) is 15.6 Å². The molecule has 0 bridgehead atoms. The summed E-state index contributed by atoms with van der Waals surface area (Å²) in [6.45, 7) is 0. The van der Waals surface area contributed by atoms with Crippen LogP contribution in [0.25, 0.3) is 5.69 Å². The highest BCUT2D eigenvalue weighted by Gasteiger charge is 2.15. The van der Waals surface area contributed by atoms with Crippen LogP contribution in [0, 0.1) is 0 Å². The first-order valence-electron chi connectivity index (χ1n) is 6.27. The van der Waals surface area contributed by atoms with Gasteiger partial charge in [-0.1, -0.05) is 41.0 Å². The molecule has 23 heavy (non-hydrogen) atoms. The zero-order valence-electron chi connectivity index (χ0n) is 11.7. The van der Waals surface area contributed by atoms with Gasteiger partial charge in [0.15, 0.2) is 0 Å². The van der Waals surface area contributed by atoms with E-state index in [4.69, 9.17) is 23.2 Å². The van der Waals surface area contributed by atoms with Gasteiger partial charge in [0, 0.05) is 5.69 Å². The van der Waals surface area contributed by atoms with Crippen LogP contribution >= 0.6 is 46.3 Å². The lowest BCUT2D eigenvalue weighted by molar-refractivity contribution is 0.102. The lowest BCUT2D eigenvalue weighted by atomic mass is 10.2. The van der Waals surface area contributed by atoms with E-state index in [9.17, 15) is 4.79 Å². The maximum Gasteiger partial charge on any atom is 0.258 e. The smallest absolute Gasteiger partial charge is 0.258 e. The van der Waals surface area contributed by atoms with Crippen molar-refractivity contribution in [2.24, 2.45) is 0 Å². The summed E-state index contributed by atoms with van der Waals surface area (Å²) in [6.07, 6.45) is 1.89. The molecule has 0 unspecified atom stereocenters. The zero-order valence-corrected chi connectivity index (χ0v) is 14.8. The molecule has 2 heterocycles. The van der Waals surface area contributed by atoms with Crippen LogP contribution in [-0.2, 0) is 0 Å². The predicted octanol–water partition coefficient (Wildman–Crippen LogP) is 4.00. The summed E-state index contributed by atoms with van der Waals surface area (Å²) in [6, 6.07) is 8.74. The van der Waals surface area contributed by atoms with Crippen molar-refractivity contribution in [2.75, 3.05) is 11.6 Å². The fourth-order valence-electron chi connectivity index (χ4n) is 1.88. The topological polar surface area (TPSA) is 72.7 Å². The third-order valence-electron chi connectivity index (χ3n) is 2.87. The number of carbonyl (C=O) groups is 1. The van der Waals surface area contributed by atoms with Gasteiger partial charge in [0.2, 0.25) is 5.16 Å². The van der Waals surface area contributed by atoms with Crippen molar-refractivity contribution >= 4 is 57.9 Å². The Balaban J connectivity index is 1.86. The molecule has 1 aromatic carbocycles. The molecule has 0 spiro atoms. The monoisotopic (exact) mass is 385 g/mol. The van der Waals surface area contributed by atoms with Crippen molar-refractivity contribution in [1.29, 1.82) is 0 Å². The van der Waals surface area contributed by atoms with Crippen molar-refractivity contribution in [3.63, 3.8) is 0 Å². The van der Waals surface area contributed by atoms with Crippen molar-refractivity contribution < 1.29 is 4.79 Å². The molecule has 6 nitrogen and oxygen atoms in total. The molecule has 3 rings (SSSR count). The van der Waals surface area contributed by atoms with E-state index in [1.807, 2.05) is 12.3 Å². The summed E-state index contributed by atoms with van der Waals surface area (Å²) in [4.78, 5) is 12.3. The Labute approximate surface area is 149 Å². The number of hydrogen-bond acceptors (Lipinski definition) is 6. The molecule has 10 heteroatoms. The van der Waals surface area contributed by atoms with E-state index in [-0.39, 0.29) is 5.91 Å². The van der Waals surface area contributed by atoms with Gasteiger partial charge in [-0.05, 0) is 40.9 Å². The first-order valence-corrected chi connectivity index (χ1v) is 9.07. The van der Waals surface area contributed by atoms with E-state index in [2.05, 4.69) is 20.8 Å². The number of amides is 1. The Morgan fingerprint density at radius 3 is 2.87 bits per heavy atom. The second kappa shape index (κ2) is 6.88. The second-order valence-electron chi connectivity index (χ2n) is 4.32. The molecule has 118 valence electrons. The molecule has 0 aliphatic rings. The fourth-order valence-corrected chi connectivity index (χ4v) is 3.77. The summed E-state index contributed by atoms with van der Waals surface area (Å²) in [5.41, 5.74) is 1.69. The molecule has 0 saturated heterocycles. The van der Waals surface area contributed by atoms with Crippen molar-refractivity contribution in [3.8, 4) is 5.69 Å². The molecule has 3 aromatic rings. The van der Waals surface area contributed by atoms with Crippen molar-refractivity contribution in [1.82, 2.24) is 20.2 Å². The first kappa shape index (κ1) is 16.3. The van der Waals surface area contributed by atoms with Crippen LogP contribution < -0.4 is 5.32 Å². The summed E-state index contributed by atoms with van der Waals surface area (Å²) in [7, 11) is 0. The van der Waals surface area contributed by atoms with Crippen molar-refractivity contribution in [3.05, 3.63) is 44.6 Å². The van der Waals surface area contributed by atoms with Gasteiger partial charge in [-0.15, -0.1) is 16.4 Å². The van der Waals surface area contributed by atoms with Gasteiger partial charge in [0.1, 0.15) is 4.34 Å². The third kappa shape index (κ3) is 3.50. The second-order valence-corrected chi connectivity index (χ2v) is 7.38. The predicted molar refractivity (Wildman–Crippen MR) is 93.2 cm³/mol. The van der Waals surface area contributed by atoms with Crippen LogP contribution in [0.4, 0.5) is 5.69 Å². The van der Waals surface area contributed by atoms with Crippen LogP contribution in [0.1, 0.15) is 10.4 Å². The molecular formula is C13H9Cl2N5OS2. The number of thiophene rings is 1. The molecule has 0 atom stereocenters. The number of tetrazole rings is 1. The number of halogens is 2. The lowest BCUT2D eigenvalue weighted by Crippen LogP contribution is -2.11. The minimum absolute atomic E-state index is 0.322. The highest BCUT2D eigenvalue weighted by molar-refractivity contribution is 7.98. The minimum atomic E-state index is -0.322. The van der Waals surface area contributed by atoms with Crippen LogP contribution in [-0.4, -0.2) is 32.4 Å². The van der Waals surface area contributed by atoms with Gasteiger partial charge in [-0.2, -0.15) is 4.68 Å². The largest absolute Gasteiger partial charge is 0.322 e. The highest BCUT2D eigenvalue weighted by Crippen LogP contribution is 2.31. The Kier molecular flexibility index (Phi) is 4.86. The van der Waals surface area contributed by atoms with Crippen LogP contribution in [0.15, 0.2) is 35.5 Å². The Morgan fingerprint density at radius 2 is 2.17 bits per heavy atom. The molecule has 0 aliphatic heterocycles. The molecule has 0 saturated carbocycles. The number of nitrogens with zero attached hydrogens (tertiary/aromatic N) is 4. The average molecular weight is 386 g/mol. The summed E-state index contributed by atoms with van der Waals surface area (Å²) >= 11 is 14.4. The average Bonchev–Trinajstić information content (AvgIpc) is 3.13. The number of carbonyl (C=O) groups excluding carboxylic acids is 1. The maximum atomic E-state index is 12.3. The van der Waals surface area contributed by atoms with E-state index in [0.29, 0.717) is 25.1 Å². The van der Waals surface area contributed by atoms with E-state index in [1.54, 1.807) is 28.9 Å². The minimum Gasteiger partial charge on any atom is -0.322 e.